The van der Waals surface area contributed by atoms with E-state index in [1.54, 1.807) is 4.90 Å². The summed E-state index contributed by atoms with van der Waals surface area (Å²) >= 11 is 0. The number of carbonyl (C=O) groups is 2. The first-order valence-electron chi connectivity index (χ1n) is 7.61. The lowest BCUT2D eigenvalue weighted by Crippen LogP contribution is -2.48. The second-order valence-corrected chi connectivity index (χ2v) is 5.92. The first kappa shape index (κ1) is 14.2. The molecule has 0 bridgehead atoms. The van der Waals surface area contributed by atoms with Crippen molar-refractivity contribution in [2.45, 2.75) is 44.6 Å². The molecule has 2 aliphatic rings. The highest BCUT2D eigenvalue weighted by atomic mass is 19.1. The Morgan fingerprint density at radius 2 is 2.10 bits per heavy atom. The molecule has 1 amide bonds. The van der Waals surface area contributed by atoms with Crippen molar-refractivity contribution in [2.24, 2.45) is 5.92 Å². The Morgan fingerprint density at radius 1 is 1.24 bits per heavy atom. The Hall–Kier alpha value is -1.78. The number of rotatable bonds is 2. The third kappa shape index (κ3) is 2.82. The van der Waals surface area contributed by atoms with Gasteiger partial charge in [-0.05, 0) is 38.2 Å². The zero-order valence-electron chi connectivity index (χ0n) is 11.9. The number of nitrogens with zero attached hydrogens (tertiary/aromatic N) is 2. The Bertz CT molecular complexity index is 561. The Balaban J connectivity index is 1.83. The Labute approximate surface area is 123 Å². The van der Waals surface area contributed by atoms with Crippen LogP contribution in [0.25, 0.3) is 0 Å². The lowest BCUT2D eigenvalue weighted by molar-refractivity contribution is -0.122. The maximum Gasteiger partial charge on any atom is 0.255 e. The molecule has 112 valence electrons. The molecule has 1 aromatic rings. The molecular formula is C16H19FN2O2. The van der Waals surface area contributed by atoms with Crippen molar-refractivity contribution in [3.63, 3.8) is 0 Å². The van der Waals surface area contributed by atoms with Gasteiger partial charge in [0.15, 0.2) is 0 Å². The third-order valence-corrected chi connectivity index (χ3v) is 4.58. The second-order valence-electron chi connectivity index (χ2n) is 5.92. The third-order valence-electron chi connectivity index (χ3n) is 4.58. The smallest absolute Gasteiger partial charge is 0.255 e. The maximum atomic E-state index is 13.3. The van der Waals surface area contributed by atoms with Gasteiger partial charge in [-0.1, -0.05) is 0 Å². The molecule has 1 saturated heterocycles. The number of pyridine rings is 1. The minimum Gasteiger partial charge on any atom is -0.335 e. The molecule has 0 radical (unpaired) electrons. The van der Waals surface area contributed by atoms with Crippen LogP contribution in [0.4, 0.5) is 4.39 Å². The predicted molar refractivity (Wildman–Crippen MR) is 75.2 cm³/mol. The summed E-state index contributed by atoms with van der Waals surface area (Å²) in [6.45, 7) is 0.643. The van der Waals surface area contributed by atoms with Crippen LogP contribution in [0, 0.1) is 11.7 Å². The van der Waals surface area contributed by atoms with E-state index in [4.69, 9.17) is 0 Å². The number of Topliss-reactive ketones (excluding diaryl/α,β-unsaturated/α-hetero) is 1. The molecule has 1 aromatic heterocycles. The molecule has 2 unspecified atom stereocenters. The summed E-state index contributed by atoms with van der Waals surface area (Å²) in [5.41, 5.74) is 0.271. The van der Waals surface area contributed by atoms with E-state index in [1.807, 2.05) is 0 Å². The highest BCUT2D eigenvalue weighted by molar-refractivity contribution is 5.95. The van der Waals surface area contributed by atoms with Crippen molar-refractivity contribution in [1.82, 2.24) is 9.88 Å². The quantitative estimate of drug-likeness (QED) is 0.841. The normalized spacial score (nSPS) is 26.1. The molecule has 1 aliphatic carbocycles. The molecule has 4 nitrogen and oxygen atoms in total. The molecule has 3 rings (SSSR count). The fourth-order valence-electron chi connectivity index (χ4n) is 3.57. The number of halogens is 1. The predicted octanol–water partition coefficient (Wildman–Crippen LogP) is 2.58. The molecule has 2 atom stereocenters. The minimum absolute atomic E-state index is 0.0236. The fourth-order valence-corrected chi connectivity index (χ4v) is 3.57. The highest BCUT2D eigenvalue weighted by Gasteiger charge is 2.38. The molecule has 5 heteroatoms. The summed E-state index contributed by atoms with van der Waals surface area (Å²) in [7, 11) is 0. The molecule has 0 spiro atoms. The number of amides is 1. The summed E-state index contributed by atoms with van der Waals surface area (Å²) in [4.78, 5) is 30.2. The second kappa shape index (κ2) is 5.92. The van der Waals surface area contributed by atoms with Gasteiger partial charge in [0.05, 0.1) is 11.8 Å². The Morgan fingerprint density at radius 3 is 2.81 bits per heavy atom. The van der Waals surface area contributed by atoms with Crippen LogP contribution in [-0.4, -0.2) is 34.2 Å². The number of carbonyl (C=O) groups excluding carboxylic acids is 2. The molecule has 2 fully saturated rings. The summed E-state index contributed by atoms with van der Waals surface area (Å²) < 4.78 is 13.3. The standard InChI is InChI=1S/C16H19FN2O2/c17-12-8-11(9-18-10-12)16(21)19-7-2-1-5-14(19)13-4-3-6-15(13)20/h8-10,13-14H,1-7H2. The van der Waals surface area contributed by atoms with E-state index < -0.39 is 5.82 Å². The number of hydrogen-bond donors (Lipinski definition) is 0. The van der Waals surface area contributed by atoms with E-state index in [0.29, 0.717) is 13.0 Å². The van der Waals surface area contributed by atoms with E-state index in [-0.39, 0.29) is 29.2 Å². The lowest BCUT2D eigenvalue weighted by Gasteiger charge is -2.38. The van der Waals surface area contributed by atoms with Gasteiger partial charge in [0.2, 0.25) is 0 Å². The van der Waals surface area contributed by atoms with Crippen molar-refractivity contribution < 1.29 is 14.0 Å². The monoisotopic (exact) mass is 290 g/mol. The Kier molecular flexibility index (Phi) is 3.99. The molecular weight excluding hydrogens is 271 g/mol. The fraction of sp³-hybridized carbons (Fsp3) is 0.562. The average Bonchev–Trinajstić information content (AvgIpc) is 2.92. The van der Waals surface area contributed by atoms with Crippen LogP contribution in [0.1, 0.15) is 48.9 Å². The number of hydrogen-bond acceptors (Lipinski definition) is 3. The summed E-state index contributed by atoms with van der Waals surface area (Å²) in [5, 5.41) is 0. The number of aromatic nitrogens is 1. The minimum atomic E-state index is -0.508. The van der Waals surface area contributed by atoms with Gasteiger partial charge < -0.3 is 4.90 Å². The van der Waals surface area contributed by atoms with Gasteiger partial charge >= 0.3 is 0 Å². The van der Waals surface area contributed by atoms with Gasteiger partial charge in [0.25, 0.3) is 5.91 Å². The molecule has 21 heavy (non-hydrogen) atoms. The molecule has 1 saturated carbocycles. The van der Waals surface area contributed by atoms with E-state index >= 15 is 0 Å². The van der Waals surface area contributed by atoms with Crippen LogP contribution in [0.3, 0.4) is 0 Å². The largest absolute Gasteiger partial charge is 0.335 e. The van der Waals surface area contributed by atoms with Crippen LogP contribution in [0.5, 0.6) is 0 Å². The zero-order chi connectivity index (χ0) is 14.8. The van der Waals surface area contributed by atoms with Crippen LogP contribution in [-0.2, 0) is 4.79 Å². The molecule has 2 heterocycles. The first-order chi connectivity index (χ1) is 10.2. The van der Waals surface area contributed by atoms with E-state index in [0.717, 1.165) is 38.3 Å². The first-order valence-corrected chi connectivity index (χ1v) is 7.61. The van der Waals surface area contributed by atoms with E-state index in [9.17, 15) is 14.0 Å². The van der Waals surface area contributed by atoms with Crippen molar-refractivity contribution in [3.05, 3.63) is 29.8 Å². The lowest BCUT2D eigenvalue weighted by atomic mass is 9.88. The van der Waals surface area contributed by atoms with E-state index in [2.05, 4.69) is 4.98 Å². The van der Waals surface area contributed by atoms with Crippen LogP contribution < -0.4 is 0 Å². The molecule has 0 aromatic carbocycles. The highest BCUT2D eigenvalue weighted by Crippen LogP contribution is 2.33. The topological polar surface area (TPSA) is 50.3 Å². The summed E-state index contributed by atoms with van der Waals surface area (Å²) in [6, 6.07) is 1.20. The van der Waals surface area contributed by atoms with Crippen molar-refractivity contribution in [2.75, 3.05) is 6.54 Å². The van der Waals surface area contributed by atoms with Gasteiger partial charge in [-0.2, -0.15) is 0 Å². The van der Waals surface area contributed by atoms with Gasteiger partial charge in [0.1, 0.15) is 11.6 Å². The van der Waals surface area contributed by atoms with Gasteiger partial charge in [-0.15, -0.1) is 0 Å². The van der Waals surface area contributed by atoms with Gasteiger partial charge in [-0.3, -0.25) is 14.6 Å². The summed E-state index contributed by atoms with van der Waals surface area (Å²) in [5.74, 6) is -0.467. The number of piperidine rings is 1. The van der Waals surface area contributed by atoms with Crippen molar-refractivity contribution in [1.29, 1.82) is 0 Å². The van der Waals surface area contributed by atoms with Crippen LogP contribution >= 0.6 is 0 Å². The van der Waals surface area contributed by atoms with Gasteiger partial charge in [0, 0.05) is 31.1 Å². The average molecular weight is 290 g/mol. The molecule has 1 aliphatic heterocycles. The summed E-state index contributed by atoms with van der Waals surface area (Å²) in [6.07, 6.45) is 7.75. The van der Waals surface area contributed by atoms with Gasteiger partial charge in [-0.25, -0.2) is 4.39 Å². The number of ketones is 1. The molecule has 0 N–H and O–H groups in total. The van der Waals surface area contributed by atoms with Crippen LogP contribution in [0.2, 0.25) is 0 Å². The van der Waals surface area contributed by atoms with E-state index in [1.165, 1.54) is 12.3 Å². The number of likely N-dealkylation sites (tertiary alicyclic amines) is 1. The SMILES string of the molecule is O=C1CCCC1C1CCCCN1C(=O)c1cncc(F)c1. The van der Waals surface area contributed by atoms with Crippen molar-refractivity contribution in [3.8, 4) is 0 Å². The van der Waals surface area contributed by atoms with Crippen molar-refractivity contribution >= 4 is 11.7 Å². The maximum absolute atomic E-state index is 13.3. The van der Waals surface area contributed by atoms with Crippen LogP contribution in [0.15, 0.2) is 18.5 Å². The zero-order valence-corrected chi connectivity index (χ0v) is 11.9.